The van der Waals surface area contributed by atoms with Gasteiger partial charge in [-0.25, -0.2) is 0 Å². The van der Waals surface area contributed by atoms with Gasteiger partial charge in [0.05, 0.1) is 19.7 Å². The van der Waals surface area contributed by atoms with Crippen LogP contribution in [0.3, 0.4) is 0 Å². The predicted molar refractivity (Wildman–Crippen MR) is 97.8 cm³/mol. The summed E-state index contributed by atoms with van der Waals surface area (Å²) in [4.78, 5) is 1.61. The molecule has 2 heterocycles. The van der Waals surface area contributed by atoms with E-state index in [-0.39, 0.29) is 0 Å². The summed E-state index contributed by atoms with van der Waals surface area (Å²) >= 11 is 5.63. The van der Waals surface area contributed by atoms with E-state index in [1.807, 2.05) is 40.6 Å². The summed E-state index contributed by atoms with van der Waals surface area (Å²) < 4.78 is 10.0. The number of hydrogen-bond acceptors (Lipinski definition) is 3. The molecule has 0 amide bonds. The molecular weight excluding hydrogens is 320 g/mol. The van der Waals surface area contributed by atoms with E-state index in [0.29, 0.717) is 0 Å². The van der Waals surface area contributed by atoms with Gasteiger partial charge in [0.15, 0.2) is 12.5 Å². The van der Waals surface area contributed by atoms with Crippen molar-refractivity contribution in [3.05, 3.63) is 29.0 Å². The van der Waals surface area contributed by atoms with E-state index in [0.717, 1.165) is 34.6 Å². The number of piperidine rings is 1. The first-order chi connectivity index (χ1) is 11.6. The van der Waals surface area contributed by atoms with Crippen molar-refractivity contribution in [2.24, 2.45) is 7.05 Å². The molecule has 0 bridgehead atoms. The van der Waals surface area contributed by atoms with Gasteiger partial charge >= 0.3 is 0 Å². The number of benzene rings is 1. The standard InChI is InChI=1S/C18H26N4OS/c1-4-15-7-5-6-12-21(15)13-22-18(24)20(2)17(19-22)14-8-10-16(23-3)11-9-14/h8-11,15H,4-7,12-13H2,1-3H3/p+1/t15-/m0/s1. The minimum Gasteiger partial charge on any atom is -0.497 e. The zero-order valence-corrected chi connectivity index (χ0v) is 15.6. The van der Waals surface area contributed by atoms with Crippen LogP contribution in [-0.4, -0.2) is 34.0 Å². The molecule has 1 unspecified atom stereocenters. The van der Waals surface area contributed by atoms with Crippen molar-refractivity contribution in [1.82, 2.24) is 14.3 Å². The first-order valence-corrected chi connectivity index (χ1v) is 9.17. The maximum atomic E-state index is 5.63. The molecule has 0 radical (unpaired) electrons. The molecule has 1 aliphatic rings. The first kappa shape index (κ1) is 17.2. The fourth-order valence-corrected chi connectivity index (χ4v) is 3.82. The maximum absolute atomic E-state index is 5.63. The Hall–Kier alpha value is -1.66. The molecule has 1 saturated heterocycles. The molecule has 2 atom stereocenters. The lowest BCUT2D eigenvalue weighted by atomic mass is 10.0. The van der Waals surface area contributed by atoms with Gasteiger partial charge in [-0.05, 0) is 62.2 Å². The summed E-state index contributed by atoms with van der Waals surface area (Å²) in [7, 11) is 3.67. The average molecular weight is 348 g/mol. The number of nitrogens with one attached hydrogen (secondary N) is 1. The van der Waals surface area contributed by atoms with Gasteiger partial charge in [-0.1, -0.05) is 6.92 Å². The van der Waals surface area contributed by atoms with Gasteiger partial charge in [-0.15, -0.1) is 5.10 Å². The molecule has 0 aliphatic carbocycles. The Kier molecular flexibility index (Phi) is 5.36. The molecule has 6 heteroatoms. The van der Waals surface area contributed by atoms with Crippen molar-refractivity contribution in [2.75, 3.05) is 13.7 Å². The lowest BCUT2D eigenvalue weighted by molar-refractivity contribution is -0.953. The Morgan fingerprint density at radius 1 is 1.29 bits per heavy atom. The molecule has 130 valence electrons. The summed E-state index contributed by atoms with van der Waals surface area (Å²) in [5.74, 6) is 1.76. The summed E-state index contributed by atoms with van der Waals surface area (Å²) in [6.07, 6.45) is 5.20. The molecule has 1 fully saturated rings. The lowest BCUT2D eigenvalue weighted by Crippen LogP contribution is -3.15. The van der Waals surface area contributed by atoms with Gasteiger partial charge < -0.3 is 14.2 Å². The van der Waals surface area contributed by atoms with Gasteiger partial charge in [-0.3, -0.25) is 0 Å². The third-order valence-electron chi connectivity index (χ3n) is 5.11. The first-order valence-electron chi connectivity index (χ1n) is 8.77. The lowest BCUT2D eigenvalue weighted by Gasteiger charge is -2.31. The highest BCUT2D eigenvalue weighted by molar-refractivity contribution is 7.71. The molecule has 0 spiro atoms. The minimum absolute atomic E-state index is 0.729. The van der Waals surface area contributed by atoms with E-state index in [1.165, 1.54) is 32.2 Å². The van der Waals surface area contributed by atoms with Crippen LogP contribution in [0.1, 0.15) is 32.6 Å². The summed E-state index contributed by atoms with van der Waals surface area (Å²) in [6.45, 7) is 4.37. The molecule has 3 rings (SSSR count). The Labute approximate surface area is 148 Å². The van der Waals surface area contributed by atoms with Crippen LogP contribution in [0.4, 0.5) is 0 Å². The summed E-state index contributed by atoms with van der Waals surface area (Å²) in [6, 6.07) is 8.71. The Bertz CT molecular complexity index is 734. The third kappa shape index (κ3) is 3.39. The zero-order chi connectivity index (χ0) is 17.1. The van der Waals surface area contributed by atoms with Crippen molar-refractivity contribution in [1.29, 1.82) is 0 Å². The SMILES string of the molecule is CC[C@H]1CCCC[NH+]1Cn1nc(-c2ccc(OC)cc2)n(C)c1=S. The summed E-state index contributed by atoms with van der Waals surface area (Å²) in [5.41, 5.74) is 1.06. The van der Waals surface area contributed by atoms with Crippen LogP contribution in [0.2, 0.25) is 0 Å². The van der Waals surface area contributed by atoms with E-state index in [9.17, 15) is 0 Å². The van der Waals surface area contributed by atoms with Crippen LogP contribution < -0.4 is 9.64 Å². The van der Waals surface area contributed by atoms with Crippen LogP contribution in [0.25, 0.3) is 11.4 Å². The maximum Gasteiger partial charge on any atom is 0.202 e. The second-order valence-electron chi connectivity index (χ2n) is 6.56. The Morgan fingerprint density at radius 3 is 2.71 bits per heavy atom. The van der Waals surface area contributed by atoms with Crippen molar-refractivity contribution in [3.63, 3.8) is 0 Å². The predicted octanol–water partition coefficient (Wildman–Crippen LogP) is 2.43. The zero-order valence-electron chi connectivity index (χ0n) is 14.8. The number of quaternary nitrogens is 1. The van der Waals surface area contributed by atoms with Crippen molar-refractivity contribution >= 4 is 12.2 Å². The third-order valence-corrected chi connectivity index (χ3v) is 5.60. The number of aromatic nitrogens is 3. The molecule has 5 nitrogen and oxygen atoms in total. The number of hydrogen-bond donors (Lipinski definition) is 1. The highest BCUT2D eigenvalue weighted by Crippen LogP contribution is 2.20. The normalized spacial score (nSPS) is 21.0. The Morgan fingerprint density at radius 2 is 2.04 bits per heavy atom. The van der Waals surface area contributed by atoms with Gasteiger partial charge in [0.2, 0.25) is 4.77 Å². The van der Waals surface area contributed by atoms with Crippen LogP contribution in [0.15, 0.2) is 24.3 Å². The second-order valence-corrected chi connectivity index (χ2v) is 6.93. The molecule has 24 heavy (non-hydrogen) atoms. The van der Waals surface area contributed by atoms with E-state index in [1.54, 1.807) is 12.0 Å². The van der Waals surface area contributed by atoms with Crippen molar-refractivity contribution < 1.29 is 9.64 Å². The minimum atomic E-state index is 0.729. The monoisotopic (exact) mass is 347 g/mol. The van der Waals surface area contributed by atoms with Crippen LogP contribution >= 0.6 is 12.2 Å². The van der Waals surface area contributed by atoms with Crippen LogP contribution in [0.5, 0.6) is 5.75 Å². The molecule has 1 aromatic heterocycles. The fourth-order valence-electron chi connectivity index (χ4n) is 3.63. The highest BCUT2D eigenvalue weighted by atomic mass is 32.1. The molecule has 1 N–H and O–H groups in total. The largest absolute Gasteiger partial charge is 0.497 e. The second kappa shape index (κ2) is 7.49. The molecule has 0 saturated carbocycles. The number of methoxy groups -OCH3 is 1. The van der Waals surface area contributed by atoms with E-state index >= 15 is 0 Å². The topological polar surface area (TPSA) is 36.4 Å². The summed E-state index contributed by atoms with van der Waals surface area (Å²) in [5, 5.41) is 4.81. The van der Waals surface area contributed by atoms with Gasteiger partial charge in [0, 0.05) is 12.6 Å². The van der Waals surface area contributed by atoms with Crippen molar-refractivity contribution in [3.8, 4) is 17.1 Å². The van der Waals surface area contributed by atoms with Gasteiger partial charge in [0.25, 0.3) is 0 Å². The van der Waals surface area contributed by atoms with Crippen LogP contribution in [-0.2, 0) is 13.7 Å². The van der Waals surface area contributed by atoms with E-state index in [2.05, 4.69) is 6.92 Å². The van der Waals surface area contributed by atoms with E-state index < -0.39 is 0 Å². The Balaban J connectivity index is 1.86. The molecule has 2 aromatic rings. The number of rotatable bonds is 5. The smallest absolute Gasteiger partial charge is 0.202 e. The van der Waals surface area contributed by atoms with Crippen molar-refractivity contribution in [2.45, 2.75) is 45.3 Å². The van der Waals surface area contributed by atoms with Crippen LogP contribution in [0, 0.1) is 4.77 Å². The number of nitrogens with zero attached hydrogens (tertiary/aromatic N) is 3. The van der Waals surface area contributed by atoms with E-state index in [4.69, 9.17) is 22.1 Å². The quantitative estimate of drug-likeness (QED) is 0.844. The van der Waals surface area contributed by atoms with Gasteiger partial charge in [-0.2, -0.15) is 4.68 Å². The van der Waals surface area contributed by atoms with Gasteiger partial charge in [0.1, 0.15) is 5.75 Å². The molecule has 1 aromatic carbocycles. The average Bonchev–Trinajstić information content (AvgIpc) is 2.91. The number of ether oxygens (including phenoxy) is 1. The molecular formula is C18H27N4OS+. The fraction of sp³-hybridized carbons (Fsp3) is 0.556. The number of likely N-dealkylation sites (tertiary alicyclic amines) is 1. The molecule has 1 aliphatic heterocycles. The highest BCUT2D eigenvalue weighted by Gasteiger charge is 2.25.